The van der Waals surface area contributed by atoms with Gasteiger partial charge in [0, 0.05) is 49.9 Å². The minimum absolute atomic E-state index is 0.0252. The molecule has 1 atom stereocenters. The van der Waals surface area contributed by atoms with Gasteiger partial charge in [0.05, 0.1) is 12.2 Å². The third kappa shape index (κ3) is 4.43. The lowest BCUT2D eigenvalue weighted by molar-refractivity contribution is -0.141. The van der Waals surface area contributed by atoms with Crippen LogP contribution in [0.5, 0.6) is 0 Å². The van der Waals surface area contributed by atoms with Crippen molar-refractivity contribution in [2.24, 2.45) is 7.05 Å². The number of rotatable bonds is 5. The largest absolute Gasteiger partial charge is 0.433 e. The molecule has 0 aliphatic rings. The Balaban J connectivity index is 1.87. The molecule has 4 rings (SSSR count). The monoisotopic (exact) mass is 442 g/mol. The van der Waals surface area contributed by atoms with E-state index in [9.17, 15) is 17.6 Å². The predicted octanol–water partition coefficient (Wildman–Crippen LogP) is 4.66. The number of aromatic nitrogens is 5. The Kier molecular flexibility index (Phi) is 5.60. The van der Waals surface area contributed by atoms with Gasteiger partial charge < -0.3 is 4.90 Å². The molecule has 0 N–H and O–H groups in total. The van der Waals surface area contributed by atoms with Crippen LogP contribution in [-0.4, -0.2) is 31.8 Å². The Labute approximate surface area is 181 Å². The average molecular weight is 442 g/mol. The summed E-state index contributed by atoms with van der Waals surface area (Å²) < 4.78 is 56.5. The molecule has 4 aromatic rings. The van der Waals surface area contributed by atoms with Crippen molar-refractivity contribution in [1.29, 1.82) is 0 Å². The summed E-state index contributed by atoms with van der Waals surface area (Å²) in [4.78, 5) is 13.5. The molecule has 0 amide bonds. The number of hydrogen-bond acceptors (Lipinski definition) is 5. The Morgan fingerprint density at radius 1 is 1.00 bits per heavy atom. The molecule has 10 heteroatoms. The van der Waals surface area contributed by atoms with Crippen molar-refractivity contribution in [2.75, 3.05) is 11.9 Å². The van der Waals surface area contributed by atoms with Crippen molar-refractivity contribution < 1.29 is 17.6 Å². The first-order chi connectivity index (χ1) is 15.2. The molecular weight excluding hydrogens is 424 g/mol. The number of aryl methyl sites for hydroxylation is 1. The molecule has 0 fully saturated rings. The highest BCUT2D eigenvalue weighted by molar-refractivity contribution is 5.58. The SMILES string of the molecule is CN(c1cc(C(F)(F)F)nc(-c2ccncc2)n1)C(c1cccc(F)c1)c1cnn(C)c1. The lowest BCUT2D eigenvalue weighted by Crippen LogP contribution is -2.27. The van der Waals surface area contributed by atoms with E-state index in [2.05, 4.69) is 20.1 Å². The standard InChI is InChI=1S/C22H18F4N6/c1-31-13-16(12-28-31)20(15-4-3-5-17(23)10-15)32(2)19-11-18(22(24,25)26)29-21(30-19)14-6-8-27-9-7-14/h3-13,20H,1-2H3. The molecule has 3 heterocycles. The van der Waals surface area contributed by atoms with Crippen LogP contribution in [0.4, 0.5) is 23.4 Å². The summed E-state index contributed by atoms with van der Waals surface area (Å²) in [5.41, 5.74) is 0.520. The fraction of sp³-hybridized carbons (Fsp3) is 0.182. The molecular formula is C22H18F4N6. The number of anilines is 1. The summed E-state index contributed by atoms with van der Waals surface area (Å²) in [6.07, 6.45) is 1.54. The molecule has 0 radical (unpaired) electrons. The van der Waals surface area contributed by atoms with Crippen LogP contribution < -0.4 is 4.90 Å². The van der Waals surface area contributed by atoms with E-state index in [1.54, 1.807) is 48.2 Å². The van der Waals surface area contributed by atoms with Gasteiger partial charge in [-0.1, -0.05) is 12.1 Å². The van der Waals surface area contributed by atoms with Gasteiger partial charge in [0.15, 0.2) is 11.5 Å². The topological polar surface area (TPSA) is 59.7 Å². The van der Waals surface area contributed by atoms with E-state index in [-0.39, 0.29) is 11.6 Å². The molecule has 3 aromatic heterocycles. The van der Waals surface area contributed by atoms with Crippen molar-refractivity contribution in [3.05, 3.63) is 89.9 Å². The molecule has 164 valence electrons. The second-order valence-corrected chi connectivity index (χ2v) is 7.18. The normalized spacial score (nSPS) is 12.6. The summed E-state index contributed by atoms with van der Waals surface area (Å²) in [7, 11) is 3.32. The Hall–Kier alpha value is -3.82. The van der Waals surface area contributed by atoms with Crippen LogP contribution in [0, 0.1) is 5.82 Å². The van der Waals surface area contributed by atoms with Crippen LogP contribution >= 0.6 is 0 Å². The summed E-state index contributed by atoms with van der Waals surface area (Å²) in [5, 5.41) is 4.16. The van der Waals surface area contributed by atoms with Gasteiger partial charge in [0.1, 0.15) is 11.6 Å². The van der Waals surface area contributed by atoms with Gasteiger partial charge in [-0.15, -0.1) is 0 Å². The molecule has 0 spiro atoms. The molecule has 1 unspecified atom stereocenters. The van der Waals surface area contributed by atoms with E-state index in [1.807, 2.05) is 0 Å². The maximum atomic E-state index is 14.0. The van der Waals surface area contributed by atoms with Crippen molar-refractivity contribution in [1.82, 2.24) is 24.7 Å². The third-order valence-electron chi connectivity index (χ3n) is 4.90. The quantitative estimate of drug-likeness (QED) is 0.421. The van der Waals surface area contributed by atoms with Crippen molar-refractivity contribution >= 4 is 5.82 Å². The second-order valence-electron chi connectivity index (χ2n) is 7.18. The maximum absolute atomic E-state index is 14.0. The molecule has 0 aliphatic heterocycles. The lowest BCUT2D eigenvalue weighted by Gasteiger charge is -2.29. The predicted molar refractivity (Wildman–Crippen MR) is 110 cm³/mol. The van der Waals surface area contributed by atoms with Crippen LogP contribution in [0.2, 0.25) is 0 Å². The number of alkyl halides is 3. The maximum Gasteiger partial charge on any atom is 0.433 e. The van der Waals surface area contributed by atoms with Gasteiger partial charge in [0.2, 0.25) is 0 Å². The number of halogens is 4. The number of nitrogens with zero attached hydrogens (tertiary/aromatic N) is 6. The summed E-state index contributed by atoms with van der Waals surface area (Å²) in [6.45, 7) is 0. The van der Waals surface area contributed by atoms with E-state index in [1.165, 1.54) is 36.7 Å². The fourth-order valence-corrected chi connectivity index (χ4v) is 3.42. The average Bonchev–Trinajstić information content (AvgIpc) is 3.19. The first-order valence-electron chi connectivity index (χ1n) is 9.56. The molecule has 32 heavy (non-hydrogen) atoms. The van der Waals surface area contributed by atoms with Crippen molar-refractivity contribution in [3.63, 3.8) is 0 Å². The molecule has 0 saturated carbocycles. The van der Waals surface area contributed by atoms with E-state index >= 15 is 0 Å². The molecule has 0 saturated heterocycles. The van der Waals surface area contributed by atoms with Crippen LogP contribution in [0.25, 0.3) is 11.4 Å². The lowest BCUT2D eigenvalue weighted by atomic mass is 10.00. The first-order valence-corrected chi connectivity index (χ1v) is 9.56. The van der Waals surface area contributed by atoms with E-state index in [0.29, 0.717) is 16.7 Å². The van der Waals surface area contributed by atoms with E-state index in [0.717, 1.165) is 6.07 Å². The van der Waals surface area contributed by atoms with Crippen molar-refractivity contribution in [3.8, 4) is 11.4 Å². The van der Waals surface area contributed by atoms with Crippen molar-refractivity contribution in [2.45, 2.75) is 12.2 Å². The van der Waals surface area contributed by atoms with Gasteiger partial charge >= 0.3 is 6.18 Å². The zero-order chi connectivity index (χ0) is 22.9. The zero-order valence-corrected chi connectivity index (χ0v) is 17.1. The Morgan fingerprint density at radius 3 is 2.38 bits per heavy atom. The van der Waals surface area contributed by atoms with E-state index in [4.69, 9.17) is 0 Å². The summed E-state index contributed by atoms with van der Waals surface area (Å²) in [5.74, 6) is -0.522. The van der Waals surface area contributed by atoms with Crippen LogP contribution in [0.15, 0.2) is 67.3 Å². The summed E-state index contributed by atoms with van der Waals surface area (Å²) >= 11 is 0. The van der Waals surface area contributed by atoms with Gasteiger partial charge in [-0.3, -0.25) is 9.67 Å². The molecule has 6 nitrogen and oxygen atoms in total. The molecule has 0 bridgehead atoms. The molecule has 0 aliphatic carbocycles. The number of benzene rings is 1. The zero-order valence-electron chi connectivity index (χ0n) is 17.1. The van der Waals surface area contributed by atoms with Crippen LogP contribution in [0.3, 0.4) is 0 Å². The second kappa shape index (κ2) is 8.37. The van der Waals surface area contributed by atoms with Crippen LogP contribution in [0.1, 0.15) is 22.9 Å². The minimum Gasteiger partial charge on any atom is -0.348 e. The fourth-order valence-electron chi connectivity index (χ4n) is 3.42. The Bertz CT molecular complexity index is 1220. The highest BCUT2D eigenvalue weighted by atomic mass is 19.4. The van der Waals surface area contributed by atoms with Gasteiger partial charge in [-0.05, 0) is 29.8 Å². The van der Waals surface area contributed by atoms with Gasteiger partial charge in [-0.2, -0.15) is 18.3 Å². The number of pyridine rings is 1. The van der Waals surface area contributed by atoms with Gasteiger partial charge in [0.25, 0.3) is 0 Å². The molecule has 1 aromatic carbocycles. The number of hydrogen-bond donors (Lipinski definition) is 0. The smallest absolute Gasteiger partial charge is 0.348 e. The minimum atomic E-state index is -4.68. The first kappa shape index (κ1) is 21.4. The van der Waals surface area contributed by atoms with Gasteiger partial charge in [-0.25, -0.2) is 14.4 Å². The summed E-state index contributed by atoms with van der Waals surface area (Å²) in [6, 6.07) is 9.20. The highest BCUT2D eigenvalue weighted by Crippen LogP contribution is 2.35. The van der Waals surface area contributed by atoms with Crippen LogP contribution in [-0.2, 0) is 13.2 Å². The Morgan fingerprint density at radius 2 is 1.75 bits per heavy atom. The third-order valence-corrected chi connectivity index (χ3v) is 4.90. The highest BCUT2D eigenvalue weighted by Gasteiger charge is 2.35. The van der Waals surface area contributed by atoms with E-state index < -0.39 is 23.7 Å².